The second-order valence-electron chi connectivity index (χ2n) is 3.65. The predicted molar refractivity (Wildman–Crippen MR) is 64.4 cm³/mol. The second kappa shape index (κ2) is 5.51. The summed E-state index contributed by atoms with van der Waals surface area (Å²) in [5.74, 6) is -0.681. The Hall–Kier alpha value is -2.37. The molecule has 1 aromatic carbocycles. The number of benzene rings is 1. The first kappa shape index (κ1) is 13.1. The van der Waals surface area contributed by atoms with Gasteiger partial charge in [-0.2, -0.15) is 0 Å². The van der Waals surface area contributed by atoms with Crippen LogP contribution < -0.4 is 4.74 Å². The molecule has 0 saturated heterocycles. The first-order valence-electron chi connectivity index (χ1n) is 5.63. The molecule has 6 heteroatoms. The van der Waals surface area contributed by atoms with Gasteiger partial charge in [0.15, 0.2) is 23.0 Å². The number of rotatable bonds is 4. The van der Waals surface area contributed by atoms with Crippen LogP contribution in [0.5, 0.6) is 5.75 Å². The third-order valence-corrected chi connectivity index (χ3v) is 2.43. The molecule has 1 heterocycles. The molecule has 0 radical (unpaired) electrons. The molecule has 0 aliphatic rings. The molecule has 0 N–H and O–H groups in total. The van der Waals surface area contributed by atoms with E-state index in [1.165, 1.54) is 25.3 Å². The van der Waals surface area contributed by atoms with Crippen LogP contribution >= 0.6 is 0 Å². The quantitative estimate of drug-likeness (QED) is 0.795. The van der Waals surface area contributed by atoms with E-state index in [-0.39, 0.29) is 23.8 Å². The summed E-state index contributed by atoms with van der Waals surface area (Å²) in [5.41, 5.74) is 0.509. The van der Waals surface area contributed by atoms with E-state index < -0.39 is 11.8 Å². The molecular weight excluding hydrogens is 253 g/mol. The van der Waals surface area contributed by atoms with E-state index in [0.717, 1.165) is 0 Å². The van der Waals surface area contributed by atoms with Gasteiger partial charge < -0.3 is 14.0 Å². The van der Waals surface area contributed by atoms with Gasteiger partial charge in [-0.1, -0.05) is 5.16 Å². The molecule has 1 aromatic heterocycles. The predicted octanol–water partition coefficient (Wildman–Crippen LogP) is 2.67. The van der Waals surface area contributed by atoms with Crippen LogP contribution in [0, 0.1) is 5.82 Å². The topological polar surface area (TPSA) is 61.6 Å². The number of halogens is 1. The van der Waals surface area contributed by atoms with Crippen molar-refractivity contribution in [3.63, 3.8) is 0 Å². The number of nitrogens with zero attached hydrogens (tertiary/aromatic N) is 1. The first-order valence-corrected chi connectivity index (χ1v) is 5.63. The lowest BCUT2D eigenvalue weighted by atomic mass is 10.1. The van der Waals surface area contributed by atoms with Crippen molar-refractivity contribution in [3.8, 4) is 17.1 Å². The molecule has 0 fully saturated rings. The number of ether oxygens (including phenoxy) is 2. The van der Waals surface area contributed by atoms with Gasteiger partial charge in [0.1, 0.15) is 0 Å². The molecule has 0 bridgehead atoms. The lowest BCUT2D eigenvalue weighted by Gasteiger charge is -2.02. The van der Waals surface area contributed by atoms with E-state index in [1.54, 1.807) is 13.0 Å². The summed E-state index contributed by atoms with van der Waals surface area (Å²) in [5, 5.41) is 3.58. The highest BCUT2D eigenvalue weighted by molar-refractivity contribution is 5.88. The van der Waals surface area contributed by atoms with E-state index in [9.17, 15) is 9.18 Å². The van der Waals surface area contributed by atoms with E-state index in [2.05, 4.69) is 5.16 Å². The molecule has 0 amide bonds. The van der Waals surface area contributed by atoms with Crippen LogP contribution in [0.2, 0.25) is 0 Å². The molecule has 19 heavy (non-hydrogen) atoms. The van der Waals surface area contributed by atoms with Crippen molar-refractivity contribution < 1.29 is 23.2 Å². The van der Waals surface area contributed by atoms with Crippen LogP contribution in [0.3, 0.4) is 0 Å². The summed E-state index contributed by atoms with van der Waals surface area (Å²) < 4.78 is 28.1. The maximum atomic E-state index is 13.5. The molecule has 2 rings (SSSR count). The van der Waals surface area contributed by atoms with E-state index >= 15 is 0 Å². The molecule has 0 unspecified atom stereocenters. The summed E-state index contributed by atoms with van der Waals surface area (Å²) >= 11 is 0. The van der Waals surface area contributed by atoms with Crippen LogP contribution in [0.1, 0.15) is 17.4 Å². The Morgan fingerprint density at radius 3 is 2.84 bits per heavy atom. The van der Waals surface area contributed by atoms with Gasteiger partial charge in [0, 0.05) is 11.6 Å². The largest absolute Gasteiger partial charge is 0.494 e. The van der Waals surface area contributed by atoms with Crippen molar-refractivity contribution >= 4 is 5.97 Å². The summed E-state index contributed by atoms with van der Waals surface area (Å²) in [7, 11) is 1.38. The number of aromatic nitrogens is 1. The standard InChI is InChI=1S/C13H12FNO4/c1-3-18-13(16)10-7-12(19-15-10)8-4-5-11(17-2)9(14)6-8/h4-7H,3H2,1-2H3. The van der Waals surface area contributed by atoms with Crippen molar-refractivity contribution in [2.45, 2.75) is 6.92 Å². The number of hydrogen-bond donors (Lipinski definition) is 0. The zero-order valence-corrected chi connectivity index (χ0v) is 10.5. The van der Waals surface area contributed by atoms with E-state index in [1.807, 2.05) is 0 Å². The Kier molecular flexibility index (Phi) is 3.79. The summed E-state index contributed by atoms with van der Waals surface area (Å²) in [6, 6.07) is 5.72. The smallest absolute Gasteiger partial charge is 0.360 e. The third kappa shape index (κ3) is 2.73. The monoisotopic (exact) mass is 265 g/mol. The normalized spacial score (nSPS) is 10.3. The van der Waals surface area contributed by atoms with Crippen LogP contribution in [0.4, 0.5) is 4.39 Å². The molecule has 2 aromatic rings. The van der Waals surface area contributed by atoms with Gasteiger partial charge in [0.2, 0.25) is 0 Å². The highest BCUT2D eigenvalue weighted by Gasteiger charge is 2.15. The van der Waals surface area contributed by atoms with Gasteiger partial charge in [0.25, 0.3) is 0 Å². The summed E-state index contributed by atoms with van der Waals surface area (Å²) in [6.45, 7) is 1.94. The fourth-order valence-electron chi connectivity index (χ4n) is 1.53. The Labute approximate surface area is 108 Å². The number of methoxy groups -OCH3 is 1. The van der Waals surface area contributed by atoms with Crippen LogP contribution in [0.25, 0.3) is 11.3 Å². The Balaban J connectivity index is 2.27. The average molecular weight is 265 g/mol. The minimum Gasteiger partial charge on any atom is -0.494 e. The number of hydrogen-bond acceptors (Lipinski definition) is 5. The van der Waals surface area contributed by atoms with Gasteiger partial charge in [-0.15, -0.1) is 0 Å². The first-order chi connectivity index (χ1) is 9.15. The minimum absolute atomic E-state index is 0.0491. The fourth-order valence-corrected chi connectivity index (χ4v) is 1.53. The SMILES string of the molecule is CCOC(=O)c1cc(-c2ccc(OC)c(F)c2)on1. The molecule has 100 valence electrons. The molecule has 0 spiro atoms. The maximum Gasteiger partial charge on any atom is 0.360 e. The van der Waals surface area contributed by atoms with Crippen molar-refractivity contribution in [3.05, 3.63) is 35.8 Å². The van der Waals surface area contributed by atoms with Gasteiger partial charge >= 0.3 is 5.97 Å². The van der Waals surface area contributed by atoms with Gasteiger partial charge in [0.05, 0.1) is 13.7 Å². The highest BCUT2D eigenvalue weighted by atomic mass is 19.1. The molecule has 5 nitrogen and oxygen atoms in total. The van der Waals surface area contributed by atoms with Gasteiger partial charge in [-0.3, -0.25) is 0 Å². The van der Waals surface area contributed by atoms with E-state index in [4.69, 9.17) is 14.0 Å². The van der Waals surface area contributed by atoms with Crippen molar-refractivity contribution in [1.82, 2.24) is 5.16 Å². The van der Waals surface area contributed by atoms with Crippen molar-refractivity contribution in [2.24, 2.45) is 0 Å². The lowest BCUT2D eigenvalue weighted by Crippen LogP contribution is -2.04. The van der Waals surface area contributed by atoms with E-state index in [0.29, 0.717) is 5.56 Å². The number of carbonyl (C=O) groups excluding carboxylic acids is 1. The zero-order valence-electron chi connectivity index (χ0n) is 10.5. The summed E-state index contributed by atoms with van der Waals surface area (Å²) in [6.07, 6.45) is 0. The van der Waals surface area contributed by atoms with Crippen LogP contribution in [-0.2, 0) is 4.74 Å². The second-order valence-corrected chi connectivity index (χ2v) is 3.65. The lowest BCUT2D eigenvalue weighted by molar-refractivity contribution is 0.0514. The third-order valence-electron chi connectivity index (χ3n) is 2.43. The molecule has 0 atom stereocenters. The average Bonchev–Trinajstić information content (AvgIpc) is 2.88. The Bertz CT molecular complexity index is 594. The molecular formula is C13H12FNO4. The highest BCUT2D eigenvalue weighted by Crippen LogP contribution is 2.26. The van der Waals surface area contributed by atoms with Gasteiger partial charge in [-0.05, 0) is 25.1 Å². The Morgan fingerprint density at radius 1 is 1.42 bits per heavy atom. The maximum absolute atomic E-state index is 13.5. The van der Waals surface area contributed by atoms with Crippen molar-refractivity contribution in [2.75, 3.05) is 13.7 Å². The minimum atomic E-state index is -0.577. The van der Waals surface area contributed by atoms with Gasteiger partial charge in [-0.25, -0.2) is 9.18 Å². The number of carbonyl (C=O) groups is 1. The molecule has 0 saturated carbocycles. The van der Waals surface area contributed by atoms with Crippen LogP contribution in [0.15, 0.2) is 28.8 Å². The molecule has 0 aliphatic heterocycles. The zero-order chi connectivity index (χ0) is 13.8. The fraction of sp³-hybridized carbons (Fsp3) is 0.231. The summed E-state index contributed by atoms with van der Waals surface area (Å²) in [4.78, 5) is 11.4. The Morgan fingerprint density at radius 2 is 2.21 bits per heavy atom. The number of esters is 1. The molecule has 0 aliphatic carbocycles. The van der Waals surface area contributed by atoms with Crippen LogP contribution in [-0.4, -0.2) is 24.8 Å². The van der Waals surface area contributed by atoms with Crippen molar-refractivity contribution in [1.29, 1.82) is 0 Å².